The van der Waals surface area contributed by atoms with E-state index < -0.39 is 6.04 Å². The molecule has 0 saturated carbocycles. The lowest BCUT2D eigenvalue weighted by Gasteiger charge is -2.34. The molecule has 2 amide bonds. The van der Waals surface area contributed by atoms with Crippen LogP contribution in [0.2, 0.25) is 10.0 Å². The molecule has 0 saturated heterocycles. The lowest BCUT2D eigenvalue weighted by molar-refractivity contribution is 0.207. The zero-order valence-corrected chi connectivity index (χ0v) is 17.3. The zero-order chi connectivity index (χ0) is 20.5. The first-order valence-electron chi connectivity index (χ1n) is 9.12. The van der Waals surface area contributed by atoms with Gasteiger partial charge in [0.25, 0.3) is 5.89 Å². The third-order valence-electron chi connectivity index (χ3n) is 4.87. The van der Waals surface area contributed by atoms with Crippen molar-refractivity contribution in [3.05, 3.63) is 75.7 Å². The number of benzene rings is 2. The van der Waals surface area contributed by atoms with Gasteiger partial charge in [-0.25, -0.2) is 4.79 Å². The molecular formula is C21H18Cl2N4O2. The fourth-order valence-corrected chi connectivity index (χ4v) is 3.65. The Hall–Kier alpha value is -2.83. The van der Waals surface area contributed by atoms with Crippen LogP contribution >= 0.6 is 23.2 Å². The van der Waals surface area contributed by atoms with Crippen LogP contribution in [-0.4, -0.2) is 27.6 Å². The van der Waals surface area contributed by atoms with E-state index in [0.717, 1.165) is 22.4 Å². The number of halogens is 2. The maximum Gasteiger partial charge on any atom is 0.322 e. The number of nitrogens with zero attached hydrogens (tertiary/aromatic N) is 3. The summed E-state index contributed by atoms with van der Waals surface area (Å²) in [6.45, 7) is 4.32. The summed E-state index contributed by atoms with van der Waals surface area (Å²) < 4.78 is 5.61. The SMILES string of the molecule is CCN1C(=O)NC(c2ccc(Cl)cc2)C(c2nc(-c3ccc(Cl)cc3)no2)=C1C. The van der Waals surface area contributed by atoms with Crippen LogP contribution in [0.3, 0.4) is 0 Å². The molecule has 1 aliphatic rings. The number of hydrogen-bond acceptors (Lipinski definition) is 4. The van der Waals surface area contributed by atoms with Gasteiger partial charge in [0.15, 0.2) is 0 Å². The Morgan fingerprint density at radius 3 is 2.31 bits per heavy atom. The number of allylic oxidation sites excluding steroid dienone is 1. The van der Waals surface area contributed by atoms with Gasteiger partial charge in [0.05, 0.1) is 11.6 Å². The number of urea groups is 1. The van der Waals surface area contributed by atoms with Crippen LogP contribution < -0.4 is 5.32 Å². The number of rotatable bonds is 4. The first-order valence-corrected chi connectivity index (χ1v) is 9.87. The van der Waals surface area contributed by atoms with Gasteiger partial charge in [0, 0.05) is 27.9 Å². The number of amides is 2. The molecule has 4 rings (SSSR count). The largest absolute Gasteiger partial charge is 0.334 e. The van der Waals surface area contributed by atoms with Crippen LogP contribution in [0.15, 0.2) is 58.8 Å². The first kappa shape index (κ1) is 19.5. The van der Waals surface area contributed by atoms with Crippen molar-refractivity contribution in [1.82, 2.24) is 20.4 Å². The second kappa shape index (κ2) is 7.89. The van der Waals surface area contributed by atoms with Crippen LogP contribution in [0, 0.1) is 0 Å². The van der Waals surface area contributed by atoms with Crippen molar-refractivity contribution in [3.63, 3.8) is 0 Å². The Bertz CT molecular complexity index is 1070. The van der Waals surface area contributed by atoms with Gasteiger partial charge in [-0.15, -0.1) is 0 Å². The van der Waals surface area contributed by atoms with E-state index in [1.807, 2.05) is 38.1 Å². The van der Waals surface area contributed by atoms with Crippen molar-refractivity contribution in [3.8, 4) is 11.4 Å². The van der Waals surface area contributed by atoms with E-state index in [-0.39, 0.29) is 6.03 Å². The molecule has 0 radical (unpaired) electrons. The zero-order valence-electron chi connectivity index (χ0n) is 15.8. The quantitative estimate of drug-likeness (QED) is 0.590. The van der Waals surface area contributed by atoms with E-state index in [2.05, 4.69) is 15.5 Å². The number of aromatic nitrogens is 2. The fraction of sp³-hybridized carbons (Fsp3) is 0.190. The van der Waals surface area contributed by atoms with E-state index in [0.29, 0.717) is 28.3 Å². The molecule has 1 N–H and O–H groups in total. The number of nitrogens with one attached hydrogen (secondary N) is 1. The predicted octanol–water partition coefficient (Wildman–Crippen LogP) is 5.56. The van der Waals surface area contributed by atoms with Gasteiger partial charge in [0.1, 0.15) is 0 Å². The molecule has 2 aromatic carbocycles. The summed E-state index contributed by atoms with van der Waals surface area (Å²) in [4.78, 5) is 18.8. The summed E-state index contributed by atoms with van der Waals surface area (Å²) in [6, 6.07) is 13.9. The molecule has 0 bridgehead atoms. The number of carbonyl (C=O) groups is 1. The monoisotopic (exact) mass is 428 g/mol. The van der Waals surface area contributed by atoms with Crippen molar-refractivity contribution in [2.75, 3.05) is 6.54 Å². The van der Waals surface area contributed by atoms with E-state index in [1.165, 1.54) is 0 Å². The first-order chi connectivity index (χ1) is 14.0. The van der Waals surface area contributed by atoms with Crippen LogP contribution in [0.1, 0.15) is 31.3 Å². The van der Waals surface area contributed by atoms with Crippen molar-refractivity contribution in [2.45, 2.75) is 19.9 Å². The Morgan fingerprint density at radius 1 is 1.07 bits per heavy atom. The average Bonchev–Trinajstić information content (AvgIpc) is 3.18. The lowest BCUT2D eigenvalue weighted by Crippen LogP contribution is -2.45. The van der Waals surface area contributed by atoms with Gasteiger partial charge in [-0.3, -0.25) is 4.90 Å². The highest BCUT2D eigenvalue weighted by atomic mass is 35.5. The molecule has 1 atom stereocenters. The molecule has 3 aromatic rings. The van der Waals surface area contributed by atoms with E-state index >= 15 is 0 Å². The molecule has 0 aliphatic carbocycles. The molecule has 0 fully saturated rings. The topological polar surface area (TPSA) is 71.3 Å². The second-order valence-corrected chi connectivity index (χ2v) is 7.48. The minimum absolute atomic E-state index is 0.175. The maximum absolute atomic E-state index is 12.6. The van der Waals surface area contributed by atoms with Crippen molar-refractivity contribution in [1.29, 1.82) is 0 Å². The van der Waals surface area contributed by atoms with E-state index in [9.17, 15) is 4.79 Å². The van der Waals surface area contributed by atoms with Gasteiger partial charge in [-0.2, -0.15) is 4.98 Å². The molecule has 1 unspecified atom stereocenters. The minimum atomic E-state index is -0.430. The Balaban J connectivity index is 1.80. The van der Waals surface area contributed by atoms with Gasteiger partial charge in [-0.1, -0.05) is 40.5 Å². The summed E-state index contributed by atoms with van der Waals surface area (Å²) in [6.07, 6.45) is 0. The third kappa shape index (κ3) is 3.73. The van der Waals surface area contributed by atoms with Gasteiger partial charge >= 0.3 is 6.03 Å². The molecule has 1 aromatic heterocycles. The molecule has 2 heterocycles. The summed E-state index contributed by atoms with van der Waals surface area (Å²) in [5, 5.41) is 8.40. The molecule has 1 aliphatic heterocycles. The van der Waals surface area contributed by atoms with Crippen LogP contribution in [-0.2, 0) is 0 Å². The van der Waals surface area contributed by atoms with Gasteiger partial charge < -0.3 is 9.84 Å². The fourth-order valence-electron chi connectivity index (χ4n) is 3.39. The van der Waals surface area contributed by atoms with E-state index in [1.54, 1.807) is 29.2 Å². The van der Waals surface area contributed by atoms with Crippen molar-refractivity contribution in [2.24, 2.45) is 0 Å². The summed E-state index contributed by atoms with van der Waals surface area (Å²) in [5.74, 6) is 0.803. The molecule has 6 nitrogen and oxygen atoms in total. The Labute approximate surface area is 178 Å². The number of hydrogen-bond donors (Lipinski definition) is 1. The van der Waals surface area contributed by atoms with Crippen molar-refractivity contribution < 1.29 is 9.32 Å². The Morgan fingerprint density at radius 2 is 1.69 bits per heavy atom. The second-order valence-electron chi connectivity index (χ2n) is 6.61. The van der Waals surface area contributed by atoms with Crippen LogP contribution in [0.4, 0.5) is 4.79 Å². The molecule has 8 heteroatoms. The predicted molar refractivity (Wildman–Crippen MR) is 112 cm³/mol. The summed E-state index contributed by atoms with van der Waals surface area (Å²) >= 11 is 12.0. The maximum atomic E-state index is 12.6. The highest BCUT2D eigenvalue weighted by Gasteiger charge is 2.35. The Kier molecular flexibility index (Phi) is 5.30. The van der Waals surface area contributed by atoms with Crippen LogP contribution in [0.25, 0.3) is 17.0 Å². The van der Waals surface area contributed by atoms with Crippen molar-refractivity contribution >= 4 is 34.8 Å². The lowest BCUT2D eigenvalue weighted by atomic mass is 9.95. The smallest absolute Gasteiger partial charge is 0.322 e. The molecular weight excluding hydrogens is 411 g/mol. The molecule has 148 valence electrons. The highest BCUT2D eigenvalue weighted by molar-refractivity contribution is 6.30. The minimum Gasteiger partial charge on any atom is -0.334 e. The van der Waals surface area contributed by atoms with Crippen LogP contribution in [0.5, 0.6) is 0 Å². The summed E-state index contributed by atoms with van der Waals surface area (Å²) in [5.41, 5.74) is 3.18. The molecule has 0 spiro atoms. The molecule has 29 heavy (non-hydrogen) atoms. The highest BCUT2D eigenvalue weighted by Crippen LogP contribution is 2.37. The van der Waals surface area contributed by atoms with E-state index in [4.69, 9.17) is 27.7 Å². The average molecular weight is 429 g/mol. The van der Waals surface area contributed by atoms with Gasteiger partial charge in [-0.05, 0) is 55.8 Å². The summed E-state index contributed by atoms with van der Waals surface area (Å²) in [7, 11) is 0. The normalized spacial score (nSPS) is 16.9. The number of carbonyl (C=O) groups excluding carboxylic acids is 1. The third-order valence-corrected chi connectivity index (χ3v) is 5.38. The van der Waals surface area contributed by atoms with Gasteiger partial charge in [0.2, 0.25) is 5.82 Å². The standard InChI is InChI=1S/C21H18Cl2N4O2/c1-3-27-12(2)17(18(24-21(27)28)13-4-8-15(22)9-5-13)20-25-19(26-29-20)14-6-10-16(23)11-7-14/h4-11,18H,3H2,1-2H3,(H,24,28).